The van der Waals surface area contributed by atoms with Crippen molar-refractivity contribution in [3.05, 3.63) is 57.1 Å². The number of ether oxygens (including phenoxy) is 1. The molecule has 1 saturated heterocycles. The molecule has 0 aliphatic carbocycles. The van der Waals surface area contributed by atoms with Crippen molar-refractivity contribution in [1.82, 2.24) is 4.90 Å². The van der Waals surface area contributed by atoms with Crippen LogP contribution in [0.25, 0.3) is 0 Å². The van der Waals surface area contributed by atoms with Gasteiger partial charge >= 0.3 is 0 Å². The van der Waals surface area contributed by atoms with Crippen LogP contribution in [-0.4, -0.2) is 22.2 Å². The molecule has 0 spiro atoms. The lowest BCUT2D eigenvalue weighted by Gasteiger charge is -2.12. The normalized spacial score (nSPS) is 23.7. The molecule has 3 rings (SSSR count). The van der Waals surface area contributed by atoms with E-state index in [1.54, 1.807) is 13.1 Å². The van der Waals surface area contributed by atoms with Crippen LogP contribution in [0.1, 0.15) is 18.1 Å². The van der Waals surface area contributed by atoms with Gasteiger partial charge in [-0.1, -0.05) is 52.0 Å². The summed E-state index contributed by atoms with van der Waals surface area (Å²) in [5, 5.41) is 0. The molecule has 1 unspecified atom stereocenters. The van der Waals surface area contributed by atoms with E-state index >= 15 is 0 Å². The number of likely N-dealkylation sites (N-methyl/N-ethyl adjacent to an activating group) is 1. The fourth-order valence-electron chi connectivity index (χ4n) is 2.13. The number of thioether (sulfide) groups is 1. The van der Waals surface area contributed by atoms with Crippen molar-refractivity contribution >= 4 is 50.1 Å². The first-order valence-corrected chi connectivity index (χ1v) is 8.40. The Morgan fingerprint density at radius 3 is 2.76 bits per heavy atom. The van der Waals surface area contributed by atoms with E-state index in [9.17, 15) is 4.79 Å². The van der Waals surface area contributed by atoms with Crippen LogP contribution < -0.4 is 0 Å². The molecular formula is C15H12BrNO2S2. The number of nitrogens with zero attached hydrogens (tertiary/aromatic N) is 1. The van der Waals surface area contributed by atoms with Gasteiger partial charge in [0.15, 0.2) is 0 Å². The SMILES string of the molecule is CN1C(=O)/C(=C\C2=CCC(c3ccc(Br)cc3)O2)SC1=S. The van der Waals surface area contributed by atoms with Gasteiger partial charge in [-0.3, -0.25) is 9.69 Å². The van der Waals surface area contributed by atoms with E-state index in [2.05, 4.69) is 15.9 Å². The van der Waals surface area contributed by atoms with Gasteiger partial charge in [0.05, 0.1) is 4.91 Å². The number of carbonyl (C=O) groups excluding carboxylic acids is 1. The summed E-state index contributed by atoms with van der Waals surface area (Å²) >= 11 is 9.84. The molecule has 0 N–H and O–H groups in total. The molecule has 0 saturated carbocycles. The maximum atomic E-state index is 12.0. The molecule has 2 heterocycles. The highest BCUT2D eigenvalue weighted by Crippen LogP contribution is 2.36. The van der Waals surface area contributed by atoms with Crippen LogP contribution in [0.5, 0.6) is 0 Å². The summed E-state index contributed by atoms with van der Waals surface area (Å²) in [5.74, 6) is 0.665. The minimum absolute atomic E-state index is 0.0103. The summed E-state index contributed by atoms with van der Waals surface area (Å²) < 4.78 is 7.53. The lowest BCUT2D eigenvalue weighted by Crippen LogP contribution is -2.22. The largest absolute Gasteiger partial charge is 0.486 e. The Balaban J connectivity index is 1.71. The number of hydrogen-bond acceptors (Lipinski definition) is 4. The second-order valence-corrected chi connectivity index (χ2v) is 7.33. The molecule has 2 aliphatic rings. The summed E-state index contributed by atoms with van der Waals surface area (Å²) in [6, 6.07) is 8.08. The standard InChI is InChI=1S/C15H12BrNO2S2/c1-17-14(18)13(21-15(17)20)8-11-6-7-12(19-11)9-2-4-10(16)5-3-9/h2-6,8,12H,7H2,1H3/b13-8+. The summed E-state index contributed by atoms with van der Waals surface area (Å²) in [7, 11) is 1.69. The number of benzene rings is 1. The molecule has 108 valence electrons. The van der Waals surface area contributed by atoms with Crippen LogP contribution in [-0.2, 0) is 9.53 Å². The maximum absolute atomic E-state index is 12.0. The van der Waals surface area contributed by atoms with Gasteiger partial charge in [0.1, 0.15) is 16.2 Å². The van der Waals surface area contributed by atoms with Gasteiger partial charge in [0.25, 0.3) is 5.91 Å². The highest BCUT2D eigenvalue weighted by molar-refractivity contribution is 9.10. The van der Waals surface area contributed by atoms with Crippen molar-refractivity contribution in [3.8, 4) is 0 Å². The van der Waals surface area contributed by atoms with Crippen molar-refractivity contribution in [2.24, 2.45) is 0 Å². The molecule has 1 aromatic carbocycles. The predicted octanol–water partition coefficient (Wildman–Crippen LogP) is 4.17. The topological polar surface area (TPSA) is 29.5 Å². The zero-order chi connectivity index (χ0) is 15.0. The Kier molecular flexibility index (Phi) is 4.19. The smallest absolute Gasteiger partial charge is 0.266 e. The van der Waals surface area contributed by atoms with Crippen molar-refractivity contribution in [1.29, 1.82) is 0 Å². The quantitative estimate of drug-likeness (QED) is 0.567. The third-order valence-electron chi connectivity index (χ3n) is 3.31. The predicted molar refractivity (Wildman–Crippen MR) is 91.7 cm³/mol. The van der Waals surface area contributed by atoms with Crippen LogP contribution in [0.2, 0.25) is 0 Å². The molecule has 6 heteroatoms. The summed E-state index contributed by atoms with van der Waals surface area (Å²) in [6.45, 7) is 0. The molecule has 2 aliphatic heterocycles. The van der Waals surface area contributed by atoms with E-state index in [-0.39, 0.29) is 12.0 Å². The van der Waals surface area contributed by atoms with Crippen LogP contribution >= 0.6 is 39.9 Å². The zero-order valence-corrected chi connectivity index (χ0v) is 14.4. The average Bonchev–Trinajstić information content (AvgIpc) is 3.02. The van der Waals surface area contributed by atoms with Crippen LogP contribution in [0, 0.1) is 0 Å². The van der Waals surface area contributed by atoms with E-state index in [1.165, 1.54) is 16.7 Å². The first kappa shape index (κ1) is 14.8. The Bertz CT molecular complexity index is 667. The molecule has 0 aromatic heterocycles. The fourth-order valence-corrected chi connectivity index (χ4v) is 3.56. The van der Waals surface area contributed by atoms with Gasteiger partial charge in [-0.15, -0.1) is 0 Å². The minimum Gasteiger partial charge on any atom is -0.486 e. The van der Waals surface area contributed by atoms with Crippen molar-refractivity contribution < 1.29 is 9.53 Å². The minimum atomic E-state index is -0.0680. The van der Waals surface area contributed by atoms with Gasteiger partial charge in [0.2, 0.25) is 0 Å². The zero-order valence-electron chi connectivity index (χ0n) is 11.2. The highest BCUT2D eigenvalue weighted by atomic mass is 79.9. The molecule has 1 fully saturated rings. The second kappa shape index (κ2) is 5.94. The number of rotatable bonds is 2. The van der Waals surface area contributed by atoms with Gasteiger partial charge in [-0.05, 0) is 29.8 Å². The van der Waals surface area contributed by atoms with E-state index < -0.39 is 0 Å². The summed E-state index contributed by atoms with van der Waals surface area (Å²) in [6.07, 6.45) is 4.60. The van der Waals surface area contributed by atoms with Gasteiger partial charge in [0, 0.05) is 17.9 Å². The number of halogens is 1. The van der Waals surface area contributed by atoms with Crippen LogP contribution in [0.3, 0.4) is 0 Å². The van der Waals surface area contributed by atoms with Gasteiger partial charge in [-0.25, -0.2) is 0 Å². The third kappa shape index (κ3) is 3.07. The number of hydrogen-bond donors (Lipinski definition) is 0. The maximum Gasteiger partial charge on any atom is 0.266 e. The third-order valence-corrected chi connectivity index (χ3v) is 5.33. The van der Waals surface area contributed by atoms with Gasteiger partial charge in [-0.2, -0.15) is 0 Å². The fraction of sp³-hybridized carbons (Fsp3) is 0.200. The molecule has 21 heavy (non-hydrogen) atoms. The number of amides is 1. The summed E-state index contributed by atoms with van der Waals surface area (Å²) in [4.78, 5) is 14.0. The van der Waals surface area contributed by atoms with Crippen molar-refractivity contribution in [2.45, 2.75) is 12.5 Å². The first-order chi connectivity index (χ1) is 10.0. The summed E-state index contributed by atoms with van der Waals surface area (Å²) in [5.41, 5.74) is 1.13. The molecular weight excluding hydrogens is 370 g/mol. The molecule has 1 atom stereocenters. The van der Waals surface area contributed by atoms with Gasteiger partial charge < -0.3 is 4.74 Å². The molecule has 1 amide bonds. The molecule has 0 radical (unpaired) electrons. The van der Waals surface area contributed by atoms with E-state index in [4.69, 9.17) is 17.0 Å². The Hall–Kier alpha value is -1.11. The highest BCUT2D eigenvalue weighted by Gasteiger charge is 2.30. The first-order valence-electron chi connectivity index (χ1n) is 6.38. The molecule has 3 nitrogen and oxygen atoms in total. The van der Waals surface area contributed by atoms with E-state index in [0.717, 1.165) is 22.2 Å². The molecule has 1 aromatic rings. The lowest BCUT2D eigenvalue weighted by molar-refractivity contribution is -0.121. The number of carbonyl (C=O) groups is 1. The second-order valence-electron chi connectivity index (χ2n) is 4.74. The van der Waals surface area contributed by atoms with Crippen LogP contribution in [0.15, 0.2) is 51.6 Å². The Morgan fingerprint density at radius 1 is 1.43 bits per heavy atom. The van der Waals surface area contributed by atoms with Crippen molar-refractivity contribution in [3.63, 3.8) is 0 Å². The monoisotopic (exact) mass is 381 g/mol. The average molecular weight is 382 g/mol. The van der Waals surface area contributed by atoms with Crippen molar-refractivity contribution in [2.75, 3.05) is 7.05 Å². The Morgan fingerprint density at radius 2 is 2.14 bits per heavy atom. The van der Waals surface area contributed by atoms with Crippen LogP contribution in [0.4, 0.5) is 0 Å². The van der Waals surface area contributed by atoms with E-state index in [1.807, 2.05) is 30.3 Å². The van der Waals surface area contributed by atoms with E-state index in [0.29, 0.717) is 9.23 Å². The number of allylic oxidation sites excluding steroid dienone is 1. The Labute approximate surface area is 141 Å². The lowest BCUT2D eigenvalue weighted by atomic mass is 10.1. The number of thiocarbonyl (C=S) groups is 1. The molecule has 0 bridgehead atoms.